The Kier molecular flexibility index (Phi) is 5.15. The molecule has 0 fully saturated rings. The molecule has 2 heteroatoms. The van der Waals surface area contributed by atoms with E-state index in [2.05, 4.69) is 13.8 Å². The molecule has 0 aliphatic rings. The molecule has 0 aliphatic heterocycles. The molecule has 1 nitrogen and oxygen atoms in total. The Morgan fingerprint density at radius 1 is 1.71 bits per heavy atom. The summed E-state index contributed by atoms with van der Waals surface area (Å²) in [6, 6.07) is 0. The van der Waals surface area contributed by atoms with E-state index in [0.29, 0.717) is 0 Å². The first-order valence-electron chi connectivity index (χ1n) is 2.63. The van der Waals surface area contributed by atoms with Gasteiger partial charge in [-0.3, -0.25) is 0 Å². The van der Waals surface area contributed by atoms with Gasteiger partial charge in [-0.05, 0) is 0 Å². The van der Waals surface area contributed by atoms with Crippen molar-refractivity contribution >= 4 is 19.0 Å². The normalized spacial score (nSPS) is 14.0. The zero-order valence-corrected chi connectivity index (χ0v) is 7.40. The summed E-state index contributed by atoms with van der Waals surface area (Å²) in [6.07, 6.45) is 1.23. The van der Waals surface area contributed by atoms with Crippen molar-refractivity contribution in [3.05, 3.63) is 0 Å². The van der Waals surface area contributed by atoms with E-state index < -0.39 is 0 Å². The molecule has 1 unspecified atom stereocenters. The van der Waals surface area contributed by atoms with Gasteiger partial charge in [-0.25, -0.2) is 0 Å². The second kappa shape index (κ2) is 4.75. The Hall–Kier alpha value is 0.596. The van der Waals surface area contributed by atoms with Crippen LogP contribution in [-0.4, -0.2) is 25.6 Å². The van der Waals surface area contributed by atoms with Gasteiger partial charge in [-0.15, -0.1) is 0 Å². The zero-order chi connectivity index (χ0) is 5.70. The third-order valence-corrected chi connectivity index (χ3v) is 1.48. The van der Waals surface area contributed by atoms with Gasteiger partial charge in [0, 0.05) is 0 Å². The van der Waals surface area contributed by atoms with Crippen LogP contribution in [0.2, 0.25) is 0 Å². The zero-order valence-electron chi connectivity index (χ0n) is 4.98. The Balaban J connectivity index is 2.83. The van der Waals surface area contributed by atoms with Crippen molar-refractivity contribution < 1.29 is 3.53 Å². The van der Waals surface area contributed by atoms with Crippen LogP contribution in [-0.2, 0) is 3.53 Å². The molecule has 0 aromatic rings. The standard InChI is InChI=1S/C5H11O.Ga/c1-3-5(2)4-6;/h5H,3-4H2,1-2H3;/q-1;+1. The number of hydrogen-bond donors (Lipinski definition) is 0. The summed E-state index contributed by atoms with van der Waals surface area (Å²) in [5, 5.41) is 0. The first-order valence-corrected chi connectivity index (χ1v) is 3.61. The fourth-order valence-corrected chi connectivity index (χ4v) is 0.971. The van der Waals surface area contributed by atoms with Crippen molar-refractivity contribution in [1.29, 1.82) is 0 Å². The van der Waals surface area contributed by atoms with E-state index in [-0.39, 0.29) is 0 Å². The van der Waals surface area contributed by atoms with Gasteiger partial charge in [0.05, 0.1) is 0 Å². The first-order chi connectivity index (χ1) is 3.31. The minimum absolute atomic E-state index is 0.742. The molecule has 0 spiro atoms. The van der Waals surface area contributed by atoms with Crippen LogP contribution in [0.3, 0.4) is 0 Å². The molecule has 2 radical (unpaired) electrons. The van der Waals surface area contributed by atoms with Crippen LogP contribution in [0.15, 0.2) is 0 Å². The summed E-state index contributed by atoms with van der Waals surface area (Å²) < 4.78 is 4.96. The second-order valence-corrected chi connectivity index (χ2v) is 2.55. The topological polar surface area (TPSA) is 9.23 Å². The first kappa shape index (κ1) is 7.60. The van der Waals surface area contributed by atoms with E-state index in [1.165, 1.54) is 25.4 Å². The quantitative estimate of drug-likeness (QED) is 0.557. The van der Waals surface area contributed by atoms with Crippen LogP contribution >= 0.6 is 0 Å². The summed E-state index contributed by atoms with van der Waals surface area (Å²) in [6.45, 7) is 5.30. The van der Waals surface area contributed by atoms with Crippen molar-refractivity contribution in [2.24, 2.45) is 5.92 Å². The molecule has 0 aromatic heterocycles. The molecule has 0 N–H and O–H groups in total. The monoisotopic (exact) mass is 156 g/mol. The molecule has 0 amide bonds. The Labute approximate surface area is 55.8 Å². The Bertz CT molecular complexity index is 39.1. The van der Waals surface area contributed by atoms with E-state index in [4.69, 9.17) is 3.53 Å². The summed E-state index contributed by atoms with van der Waals surface area (Å²) in [5.41, 5.74) is 0. The van der Waals surface area contributed by atoms with Gasteiger partial charge < -0.3 is 0 Å². The minimum atomic E-state index is 0.742. The number of rotatable bonds is 3. The van der Waals surface area contributed by atoms with Crippen LogP contribution in [0.5, 0.6) is 0 Å². The summed E-state index contributed by atoms with van der Waals surface area (Å²) >= 11 is 1.36. The molecule has 0 saturated heterocycles. The van der Waals surface area contributed by atoms with Gasteiger partial charge in [0.1, 0.15) is 0 Å². The van der Waals surface area contributed by atoms with E-state index in [1.807, 2.05) is 0 Å². The molecule has 1 atom stereocenters. The van der Waals surface area contributed by atoms with Crippen molar-refractivity contribution in [3.63, 3.8) is 0 Å². The van der Waals surface area contributed by atoms with Gasteiger partial charge >= 0.3 is 55.3 Å². The molecular formula is C5H11GaO. The molecular weight excluding hydrogens is 146 g/mol. The molecule has 0 saturated carbocycles. The molecule has 0 aromatic carbocycles. The van der Waals surface area contributed by atoms with Crippen molar-refractivity contribution in [2.45, 2.75) is 20.3 Å². The fourth-order valence-electron chi connectivity index (χ4n) is 0.282. The molecule has 0 aliphatic carbocycles. The molecule has 7 heavy (non-hydrogen) atoms. The van der Waals surface area contributed by atoms with Crippen molar-refractivity contribution in [1.82, 2.24) is 0 Å². The second-order valence-electron chi connectivity index (χ2n) is 1.85. The molecule has 40 valence electrons. The van der Waals surface area contributed by atoms with Gasteiger partial charge in [0.2, 0.25) is 0 Å². The van der Waals surface area contributed by atoms with Crippen LogP contribution in [0.1, 0.15) is 20.3 Å². The fraction of sp³-hybridized carbons (Fsp3) is 1.00. The van der Waals surface area contributed by atoms with Crippen LogP contribution in [0.4, 0.5) is 0 Å². The average Bonchev–Trinajstić information content (AvgIpc) is 1.68. The molecule has 0 heterocycles. The van der Waals surface area contributed by atoms with Crippen molar-refractivity contribution in [2.75, 3.05) is 6.61 Å². The van der Waals surface area contributed by atoms with Gasteiger partial charge in [0.15, 0.2) is 0 Å². The van der Waals surface area contributed by atoms with E-state index in [0.717, 1.165) is 12.5 Å². The molecule has 0 bridgehead atoms. The maximum atomic E-state index is 4.96. The Morgan fingerprint density at radius 3 is 2.43 bits per heavy atom. The maximum absolute atomic E-state index is 4.96. The van der Waals surface area contributed by atoms with E-state index >= 15 is 0 Å². The summed E-state index contributed by atoms with van der Waals surface area (Å²) in [5.74, 6) is 0.742. The van der Waals surface area contributed by atoms with Gasteiger partial charge in [0.25, 0.3) is 0 Å². The van der Waals surface area contributed by atoms with Gasteiger partial charge in [-0.2, -0.15) is 0 Å². The predicted octanol–water partition coefficient (Wildman–Crippen LogP) is 1.13. The van der Waals surface area contributed by atoms with E-state index in [1.54, 1.807) is 0 Å². The third kappa shape index (κ3) is 4.45. The Morgan fingerprint density at radius 2 is 2.29 bits per heavy atom. The van der Waals surface area contributed by atoms with Crippen LogP contribution in [0.25, 0.3) is 0 Å². The van der Waals surface area contributed by atoms with Crippen LogP contribution < -0.4 is 0 Å². The third-order valence-electron chi connectivity index (χ3n) is 1.08. The summed E-state index contributed by atoms with van der Waals surface area (Å²) in [7, 11) is 0. The molecule has 0 rings (SSSR count). The number of hydrogen-bond acceptors (Lipinski definition) is 1. The summed E-state index contributed by atoms with van der Waals surface area (Å²) in [4.78, 5) is 0. The van der Waals surface area contributed by atoms with Gasteiger partial charge in [-0.1, -0.05) is 0 Å². The van der Waals surface area contributed by atoms with Crippen molar-refractivity contribution in [3.8, 4) is 0 Å². The SMILES string of the molecule is CCC(C)C[O][Ga]. The van der Waals surface area contributed by atoms with Crippen LogP contribution in [0, 0.1) is 5.92 Å². The predicted molar refractivity (Wildman–Crippen MR) is 31.2 cm³/mol. The average molecular weight is 157 g/mol. The van der Waals surface area contributed by atoms with E-state index in [9.17, 15) is 0 Å².